The zero-order valence-electron chi connectivity index (χ0n) is 12.1. The molecule has 0 saturated carbocycles. The van der Waals surface area contributed by atoms with Gasteiger partial charge in [-0.1, -0.05) is 12.1 Å². The van der Waals surface area contributed by atoms with Gasteiger partial charge in [0.25, 0.3) is 0 Å². The minimum Gasteiger partial charge on any atom is -0.492 e. The first kappa shape index (κ1) is 16.1. The SMILES string of the molecule is N#Cc1c(O)nc(SCc2cccc(F)c2F)c2cc(F)ccc12. The number of halogens is 3. The highest BCUT2D eigenvalue weighted by Crippen LogP contribution is 2.35. The number of pyridine rings is 1. The average molecular weight is 346 g/mol. The Hall–Kier alpha value is -2.72. The third-order valence-electron chi connectivity index (χ3n) is 3.42. The minimum atomic E-state index is -0.960. The fraction of sp³-hybridized carbons (Fsp3) is 0.0588. The van der Waals surface area contributed by atoms with E-state index in [1.807, 2.05) is 6.07 Å². The maximum absolute atomic E-state index is 13.7. The van der Waals surface area contributed by atoms with Gasteiger partial charge in [0.1, 0.15) is 22.5 Å². The molecule has 2 aromatic carbocycles. The van der Waals surface area contributed by atoms with E-state index in [-0.39, 0.29) is 21.9 Å². The van der Waals surface area contributed by atoms with Crippen LogP contribution in [0.5, 0.6) is 5.88 Å². The Morgan fingerprint density at radius 1 is 1.12 bits per heavy atom. The number of benzene rings is 2. The monoisotopic (exact) mass is 346 g/mol. The normalized spacial score (nSPS) is 10.8. The summed E-state index contributed by atoms with van der Waals surface area (Å²) in [7, 11) is 0. The Bertz CT molecular complexity index is 986. The first-order valence-corrected chi connectivity index (χ1v) is 7.78. The first-order valence-electron chi connectivity index (χ1n) is 6.79. The summed E-state index contributed by atoms with van der Waals surface area (Å²) in [5, 5.41) is 19.9. The van der Waals surface area contributed by atoms with Crippen molar-refractivity contribution in [3.63, 3.8) is 0 Å². The summed E-state index contributed by atoms with van der Waals surface area (Å²) < 4.78 is 40.5. The lowest BCUT2D eigenvalue weighted by atomic mass is 10.1. The third kappa shape index (κ3) is 2.88. The average Bonchev–Trinajstić information content (AvgIpc) is 2.56. The Morgan fingerprint density at radius 2 is 1.92 bits per heavy atom. The van der Waals surface area contributed by atoms with E-state index in [0.29, 0.717) is 10.8 Å². The van der Waals surface area contributed by atoms with Crippen molar-refractivity contribution >= 4 is 22.5 Å². The topological polar surface area (TPSA) is 56.9 Å². The molecule has 3 aromatic rings. The van der Waals surface area contributed by atoms with E-state index in [9.17, 15) is 18.3 Å². The summed E-state index contributed by atoms with van der Waals surface area (Å²) in [4.78, 5) is 3.89. The number of hydrogen-bond acceptors (Lipinski definition) is 4. The van der Waals surface area contributed by atoms with Gasteiger partial charge in [0.15, 0.2) is 11.6 Å². The van der Waals surface area contributed by atoms with Crippen molar-refractivity contribution in [3.8, 4) is 11.9 Å². The molecule has 1 heterocycles. The highest BCUT2D eigenvalue weighted by Gasteiger charge is 2.16. The van der Waals surface area contributed by atoms with Gasteiger partial charge in [-0.25, -0.2) is 18.2 Å². The molecule has 0 aliphatic carbocycles. The van der Waals surface area contributed by atoms with Crippen molar-refractivity contribution in [1.82, 2.24) is 4.98 Å². The predicted molar refractivity (Wildman–Crippen MR) is 84.0 cm³/mol. The highest BCUT2D eigenvalue weighted by molar-refractivity contribution is 7.98. The predicted octanol–water partition coefficient (Wildman–Crippen LogP) is 4.52. The van der Waals surface area contributed by atoms with E-state index in [1.54, 1.807) is 0 Å². The van der Waals surface area contributed by atoms with Crippen molar-refractivity contribution in [2.24, 2.45) is 0 Å². The number of hydrogen-bond donors (Lipinski definition) is 1. The van der Waals surface area contributed by atoms with Gasteiger partial charge in [-0.3, -0.25) is 0 Å². The van der Waals surface area contributed by atoms with Crippen molar-refractivity contribution in [1.29, 1.82) is 5.26 Å². The van der Waals surface area contributed by atoms with Gasteiger partial charge in [0, 0.05) is 22.1 Å². The maximum atomic E-state index is 13.7. The summed E-state index contributed by atoms with van der Waals surface area (Å²) in [6.07, 6.45) is 0. The molecule has 0 bridgehead atoms. The zero-order valence-corrected chi connectivity index (χ0v) is 12.9. The lowest BCUT2D eigenvalue weighted by Crippen LogP contribution is -1.94. The van der Waals surface area contributed by atoms with Crippen LogP contribution in [0, 0.1) is 28.8 Å². The molecule has 1 aromatic heterocycles. The lowest BCUT2D eigenvalue weighted by Gasteiger charge is -2.09. The Labute approximate surface area is 139 Å². The molecule has 0 aliphatic rings. The van der Waals surface area contributed by atoms with Crippen LogP contribution in [0.4, 0.5) is 13.2 Å². The van der Waals surface area contributed by atoms with Crippen molar-refractivity contribution in [2.75, 3.05) is 0 Å². The van der Waals surface area contributed by atoms with E-state index in [1.165, 1.54) is 30.3 Å². The van der Waals surface area contributed by atoms with E-state index in [2.05, 4.69) is 4.98 Å². The summed E-state index contributed by atoms with van der Waals surface area (Å²) in [5.41, 5.74) is 0.0569. The summed E-state index contributed by atoms with van der Waals surface area (Å²) >= 11 is 1.01. The second-order valence-corrected chi connectivity index (χ2v) is 5.88. The van der Waals surface area contributed by atoms with Crippen LogP contribution in [0.25, 0.3) is 10.8 Å². The van der Waals surface area contributed by atoms with Gasteiger partial charge < -0.3 is 5.11 Å². The van der Waals surface area contributed by atoms with Gasteiger partial charge in [-0.15, -0.1) is 11.8 Å². The van der Waals surface area contributed by atoms with Crippen molar-refractivity contribution < 1.29 is 18.3 Å². The van der Waals surface area contributed by atoms with Gasteiger partial charge >= 0.3 is 0 Å². The van der Waals surface area contributed by atoms with E-state index < -0.39 is 23.3 Å². The number of aromatic hydroxyl groups is 1. The molecule has 0 saturated heterocycles. The molecule has 0 amide bonds. The van der Waals surface area contributed by atoms with Crippen molar-refractivity contribution in [3.05, 3.63) is 65.0 Å². The van der Waals surface area contributed by atoms with Crippen LogP contribution in [0.2, 0.25) is 0 Å². The van der Waals surface area contributed by atoms with Gasteiger partial charge in [-0.05, 0) is 24.3 Å². The van der Waals surface area contributed by atoms with Crippen LogP contribution < -0.4 is 0 Å². The molecule has 7 heteroatoms. The van der Waals surface area contributed by atoms with E-state index in [4.69, 9.17) is 5.26 Å². The molecule has 24 heavy (non-hydrogen) atoms. The van der Waals surface area contributed by atoms with E-state index >= 15 is 0 Å². The molecule has 0 unspecified atom stereocenters. The molecule has 120 valence electrons. The highest BCUT2D eigenvalue weighted by atomic mass is 32.2. The maximum Gasteiger partial charge on any atom is 0.230 e. The van der Waals surface area contributed by atoms with Gasteiger partial charge in [-0.2, -0.15) is 5.26 Å². The van der Waals surface area contributed by atoms with E-state index in [0.717, 1.165) is 17.8 Å². The molecule has 0 fully saturated rings. The molecule has 0 aliphatic heterocycles. The molecule has 0 atom stereocenters. The summed E-state index contributed by atoms with van der Waals surface area (Å²) in [6, 6.07) is 9.38. The lowest BCUT2D eigenvalue weighted by molar-refractivity contribution is 0.448. The molecule has 1 N–H and O–H groups in total. The molecule has 0 spiro atoms. The van der Waals surface area contributed by atoms with Crippen molar-refractivity contribution in [2.45, 2.75) is 10.8 Å². The van der Waals surface area contributed by atoms with Crippen LogP contribution in [0.15, 0.2) is 41.4 Å². The fourth-order valence-corrected chi connectivity index (χ4v) is 3.26. The Balaban J connectivity index is 2.05. The zero-order chi connectivity index (χ0) is 17.3. The number of nitriles is 1. The summed E-state index contributed by atoms with van der Waals surface area (Å²) in [5.74, 6) is -2.90. The van der Waals surface area contributed by atoms with Crippen LogP contribution in [-0.2, 0) is 5.75 Å². The van der Waals surface area contributed by atoms with Crippen LogP contribution >= 0.6 is 11.8 Å². The quantitative estimate of drug-likeness (QED) is 0.708. The molecular formula is C17H9F3N2OS. The number of thioether (sulfide) groups is 1. The number of nitrogens with zero attached hydrogens (tertiary/aromatic N) is 2. The van der Waals surface area contributed by atoms with Crippen LogP contribution in [-0.4, -0.2) is 10.1 Å². The number of rotatable bonds is 3. The Kier molecular flexibility index (Phi) is 4.32. The standard InChI is InChI=1S/C17H9F3N2OS/c18-10-4-5-11-12(6-10)17(22-16(23)13(11)7-21)24-8-9-2-1-3-14(19)15(9)20/h1-6H,8H2,(H,22,23). The summed E-state index contributed by atoms with van der Waals surface area (Å²) in [6.45, 7) is 0. The second kappa shape index (κ2) is 6.42. The van der Waals surface area contributed by atoms with Gasteiger partial charge in [0.05, 0.1) is 0 Å². The molecule has 3 rings (SSSR count). The fourth-order valence-electron chi connectivity index (χ4n) is 2.27. The molecule has 0 radical (unpaired) electrons. The van der Waals surface area contributed by atoms with Gasteiger partial charge in [0.2, 0.25) is 5.88 Å². The largest absolute Gasteiger partial charge is 0.492 e. The smallest absolute Gasteiger partial charge is 0.230 e. The van der Waals surface area contributed by atoms with Crippen LogP contribution in [0.1, 0.15) is 11.1 Å². The molecule has 3 nitrogen and oxygen atoms in total. The number of fused-ring (bicyclic) bond motifs is 1. The third-order valence-corrected chi connectivity index (χ3v) is 4.46. The number of aromatic nitrogens is 1. The first-order chi connectivity index (χ1) is 11.5. The van der Waals surface area contributed by atoms with Crippen LogP contribution in [0.3, 0.4) is 0 Å². The minimum absolute atomic E-state index is 0.0353. The Morgan fingerprint density at radius 3 is 2.67 bits per heavy atom. The second-order valence-electron chi connectivity index (χ2n) is 4.92. The molecular weight excluding hydrogens is 337 g/mol.